The molecular weight excluding hydrogens is 422 g/mol. The smallest absolute Gasteiger partial charge is 0.260 e. The van der Waals surface area contributed by atoms with Crippen molar-refractivity contribution in [3.8, 4) is 5.75 Å². The molecule has 7 nitrogen and oxygen atoms in total. The minimum Gasteiger partial charge on any atom is -0.492 e. The number of fused-ring (bicyclic) bond motifs is 2. The van der Waals surface area contributed by atoms with Crippen LogP contribution in [-0.2, 0) is 6.54 Å². The van der Waals surface area contributed by atoms with Gasteiger partial charge in [0.25, 0.3) is 5.91 Å². The fourth-order valence-corrected chi connectivity index (χ4v) is 4.43. The van der Waals surface area contributed by atoms with Crippen molar-refractivity contribution in [1.82, 2.24) is 19.9 Å². The largest absolute Gasteiger partial charge is 0.492 e. The van der Waals surface area contributed by atoms with Crippen LogP contribution in [0.15, 0.2) is 73.3 Å². The van der Waals surface area contributed by atoms with Crippen LogP contribution in [0.3, 0.4) is 0 Å². The number of benzene rings is 2. The number of aromatic nitrogens is 4. The van der Waals surface area contributed by atoms with E-state index in [4.69, 9.17) is 9.72 Å². The molecule has 1 amide bonds. The molecular formula is C24H19N5O2S. The summed E-state index contributed by atoms with van der Waals surface area (Å²) in [5, 5.41) is 0.597. The number of hydrogen-bond acceptors (Lipinski definition) is 7. The van der Waals surface area contributed by atoms with E-state index in [1.807, 2.05) is 43.3 Å². The van der Waals surface area contributed by atoms with Gasteiger partial charge < -0.3 is 4.74 Å². The Hall–Kier alpha value is -3.91. The van der Waals surface area contributed by atoms with E-state index in [0.717, 1.165) is 21.3 Å². The van der Waals surface area contributed by atoms with Gasteiger partial charge in [0.05, 0.1) is 28.9 Å². The Balaban J connectivity index is 1.59. The molecule has 3 heterocycles. The molecule has 32 heavy (non-hydrogen) atoms. The molecule has 0 saturated carbocycles. The van der Waals surface area contributed by atoms with Crippen LogP contribution in [0.2, 0.25) is 0 Å². The summed E-state index contributed by atoms with van der Waals surface area (Å²) in [6, 6.07) is 15.0. The lowest BCUT2D eigenvalue weighted by atomic mass is 10.1. The van der Waals surface area contributed by atoms with Gasteiger partial charge in [0.15, 0.2) is 5.13 Å². The van der Waals surface area contributed by atoms with Crippen LogP contribution in [0.5, 0.6) is 5.75 Å². The average Bonchev–Trinajstić information content (AvgIpc) is 3.28. The zero-order valence-corrected chi connectivity index (χ0v) is 18.1. The molecule has 8 heteroatoms. The van der Waals surface area contributed by atoms with Crippen molar-refractivity contribution in [2.75, 3.05) is 11.5 Å². The summed E-state index contributed by atoms with van der Waals surface area (Å²) in [6.45, 7) is 2.82. The second-order valence-corrected chi connectivity index (χ2v) is 8.05. The summed E-state index contributed by atoms with van der Waals surface area (Å²) >= 11 is 1.46. The highest BCUT2D eigenvalue weighted by Crippen LogP contribution is 2.35. The van der Waals surface area contributed by atoms with E-state index in [-0.39, 0.29) is 5.91 Å². The molecule has 0 radical (unpaired) electrons. The number of nitrogens with zero attached hydrogens (tertiary/aromatic N) is 5. The highest BCUT2D eigenvalue weighted by molar-refractivity contribution is 7.22. The van der Waals surface area contributed by atoms with Crippen molar-refractivity contribution in [3.63, 3.8) is 0 Å². The predicted molar refractivity (Wildman–Crippen MR) is 125 cm³/mol. The Morgan fingerprint density at radius 3 is 2.72 bits per heavy atom. The molecule has 0 aliphatic rings. The van der Waals surface area contributed by atoms with Gasteiger partial charge in [0, 0.05) is 30.4 Å². The topological polar surface area (TPSA) is 81.1 Å². The normalized spacial score (nSPS) is 11.0. The molecule has 0 bridgehead atoms. The van der Waals surface area contributed by atoms with E-state index >= 15 is 0 Å². The first-order chi connectivity index (χ1) is 15.7. The van der Waals surface area contributed by atoms with Crippen molar-refractivity contribution in [1.29, 1.82) is 0 Å². The van der Waals surface area contributed by atoms with Crippen LogP contribution in [0, 0.1) is 0 Å². The van der Waals surface area contributed by atoms with Crippen molar-refractivity contribution in [2.24, 2.45) is 0 Å². The first-order valence-corrected chi connectivity index (χ1v) is 11.0. The summed E-state index contributed by atoms with van der Waals surface area (Å²) in [7, 11) is 0. The Morgan fingerprint density at radius 1 is 1.03 bits per heavy atom. The lowest BCUT2D eigenvalue weighted by molar-refractivity contribution is 0.0985. The summed E-state index contributed by atoms with van der Waals surface area (Å²) in [4.78, 5) is 33.0. The summed E-state index contributed by atoms with van der Waals surface area (Å²) in [5.74, 6) is 0.542. The van der Waals surface area contributed by atoms with Gasteiger partial charge in [-0.25, -0.2) is 4.98 Å². The van der Waals surface area contributed by atoms with E-state index in [2.05, 4.69) is 15.0 Å². The second-order valence-electron chi connectivity index (χ2n) is 7.04. The van der Waals surface area contributed by atoms with Gasteiger partial charge in [-0.05, 0) is 48.9 Å². The number of rotatable bonds is 6. The molecule has 5 aromatic rings. The molecule has 0 N–H and O–H groups in total. The molecule has 0 unspecified atom stereocenters. The summed E-state index contributed by atoms with van der Waals surface area (Å²) in [6.07, 6.45) is 6.72. The Morgan fingerprint density at radius 2 is 1.91 bits per heavy atom. The van der Waals surface area contributed by atoms with Crippen LogP contribution < -0.4 is 9.64 Å². The minimum atomic E-state index is -0.168. The zero-order chi connectivity index (χ0) is 21.9. The number of thiazole rings is 1. The molecule has 0 fully saturated rings. The lowest BCUT2D eigenvalue weighted by Crippen LogP contribution is -2.30. The lowest BCUT2D eigenvalue weighted by Gasteiger charge is -2.20. The number of amides is 1. The first-order valence-electron chi connectivity index (χ1n) is 10.2. The standard InChI is InChI=1S/C24H19N5O2S/c1-2-31-20-6-3-7-21-22(20)28-24(32-21)29(15-16-5-4-10-25-14-16)23(30)17-8-9-18-19(13-17)27-12-11-26-18/h3-14H,2,15H2,1H3. The van der Waals surface area contributed by atoms with Gasteiger partial charge >= 0.3 is 0 Å². The Bertz CT molecular complexity index is 1400. The first kappa shape index (κ1) is 20.0. The van der Waals surface area contributed by atoms with Gasteiger partial charge in [-0.1, -0.05) is 23.5 Å². The molecule has 0 atom stereocenters. The monoisotopic (exact) mass is 441 g/mol. The number of para-hydroxylation sites is 1. The predicted octanol–water partition coefficient (Wildman–Crippen LogP) is 4.88. The highest BCUT2D eigenvalue weighted by Gasteiger charge is 2.23. The number of carbonyl (C=O) groups excluding carboxylic acids is 1. The van der Waals surface area contributed by atoms with Gasteiger partial charge in [-0.2, -0.15) is 0 Å². The van der Waals surface area contributed by atoms with Crippen LogP contribution in [0.25, 0.3) is 21.3 Å². The average molecular weight is 442 g/mol. The van der Waals surface area contributed by atoms with E-state index < -0.39 is 0 Å². The minimum absolute atomic E-state index is 0.168. The fourth-order valence-electron chi connectivity index (χ4n) is 3.45. The molecule has 0 aliphatic heterocycles. The molecule has 0 saturated heterocycles. The Kier molecular flexibility index (Phi) is 5.43. The quantitative estimate of drug-likeness (QED) is 0.374. The van der Waals surface area contributed by atoms with E-state index in [0.29, 0.717) is 35.1 Å². The third-order valence-corrected chi connectivity index (χ3v) is 5.97. The number of carbonyl (C=O) groups is 1. The van der Waals surface area contributed by atoms with Crippen molar-refractivity contribution < 1.29 is 9.53 Å². The summed E-state index contributed by atoms with van der Waals surface area (Å²) < 4.78 is 6.70. The van der Waals surface area contributed by atoms with Crippen molar-refractivity contribution in [3.05, 3.63) is 84.4 Å². The maximum absolute atomic E-state index is 13.7. The third-order valence-electron chi connectivity index (χ3n) is 4.93. The van der Waals surface area contributed by atoms with Gasteiger partial charge in [0.2, 0.25) is 0 Å². The number of ether oxygens (including phenoxy) is 1. The number of anilines is 1. The van der Waals surface area contributed by atoms with Crippen molar-refractivity contribution in [2.45, 2.75) is 13.5 Å². The second kappa shape index (κ2) is 8.68. The molecule has 158 valence electrons. The van der Waals surface area contributed by atoms with Gasteiger partial charge in [0.1, 0.15) is 11.3 Å². The molecule has 0 aliphatic carbocycles. The van der Waals surface area contributed by atoms with Crippen LogP contribution in [0.4, 0.5) is 5.13 Å². The van der Waals surface area contributed by atoms with Crippen molar-refractivity contribution >= 4 is 43.6 Å². The van der Waals surface area contributed by atoms with E-state index in [1.165, 1.54) is 11.3 Å². The maximum atomic E-state index is 13.7. The zero-order valence-electron chi connectivity index (χ0n) is 17.3. The molecule has 2 aromatic carbocycles. The van der Waals surface area contributed by atoms with Gasteiger partial charge in [-0.3, -0.25) is 24.6 Å². The number of pyridine rings is 1. The van der Waals surface area contributed by atoms with E-state index in [9.17, 15) is 4.79 Å². The van der Waals surface area contributed by atoms with Crippen LogP contribution in [-0.4, -0.2) is 32.4 Å². The molecule has 0 spiro atoms. The SMILES string of the molecule is CCOc1cccc2sc(N(Cc3cccnc3)C(=O)c3ccc4nccnc4c3)nc12. The fraction of sp³-hybridized carbons (Fsp3) is 0.125. The number of hydrogen-bond donors (Lipinski definition) is 0. The van der Waals surface area contributed by atoms with Crippen LogP contribution in [0.1, 0.15) is 22.8 Å². The summed E-state index contributed by atoms with van der Waals surface area (Å²) in [5.41, 5.74) is 3.59. The van der Waals surface area contributed by atoms with E-state index in [1.54, 1.807) is 41.8 Å². The highest BCUT2D eigenvalue weighted by atomic mass is 32.1. The molecule has 3 aromatic heterocycles. The Labute approximate surface area is 188 Å². The molecule has 5 rings (SSSR count). The maximum Gasteiger partial charge on any atom is 0.260 e. The van der Waals surface area contributed by atoms with Crippen LogP contribution >= 0.6 is 11.3 Å². The van der Waals surface area contributed by atoms with Gasteiger partial charge in [-0.15, -0.1) is 0 Å². The third kappa shape index (κ3) is 3.88.